The van der Waals surface area contributed by atoms with Crippen molar-refractivity contribution in [1.82, 2.24) is 19.9 Å². The highest BCUT2D eigenvalue weighted by molar-refractivity contribution is 5.96. The third kappa shape index (κ3) is 7.34. The van der Waals surface area contributed by atoms with Crippen LogP contribution in [0.2, 0.25) is 0 Å². The van der Waals surface area contributed by atoms with Crippen LogP contribution in [0.25, 0.3) is 11.0 Å². The molecule has 4 rings (SSSR count). The first kappa shape index (κ1) is 27.6. The van der Waals surface area contributed by atoms with Gasteiger partial charge in [-0.25, -0.2) is 9.78 Å². The van der Waals surface area contributed by atoms with Crippen molar-refractivity contribution in [2.75, 3.05) is 5.32 Å². The number of fused-ring (bicyclic) bond motifs is 1. The number of hydrogen-bond donors (Lipinski definition) is 5. The van der Waals surface area contributed by atoms with Gasteiger partial charge in [-0.05, 0) is 48.7 Å². The number of pyridine rings is 1. The molecule has 0 bridgehead atoms. The molecular formula is C28H28N6O6. The van der Waals surface area contributed by atoms with Crippen LogP contribution in [-0.2, 0) is 22.7 Å². The summed E-state index contributed by atoms with van der Waals surface area (Å²) in [5.41, 5.74) is 6.90. The van der Waals surface area contributed by atoms with Gasteiger partial charge in [0.25, 0.3) is 5.56 Å². The molecule has 206 valence electrons. The summed E-state index contributed by atoms with van der Waals surface area (Å²) in [6.07, 6.45) is 2.98. The fourth-order valence-corrected chi connectivity index (χ4v) is 4.00. The Balaban J connectivity index is 1.47. The maximum Gasteiger partial charge on any atom is 0.405 e. The monoisotopic (exact) mass is 544 g/mol. The number of anilines is 1. The minimum Gasteiger partial charge on any atom is -0.487 e. The summed E-state index contributed by atoms with van der Waals surface area (Å²) in [5, 5.41) is 13.7. The zero-order valence-electron chi connectivity index (χ0n) is 21.4. The molecule has 2 aromatic heterocycles. The Morgan fingerprint density at radius 1 is 1.10 bits per heavy atom. The number of nitrogens with one attached hydrogen (secondary N) is 3. The van der Waals surface area contributed by atoms with Gasteiger partial charge in [0.05, 0.1) is 12.1 Å². The van der Waals surface area contributed by atoms with Gasteiger partial charge in [-0.2, -0.15) is 0 Å². The number of H-pyrrole nitrogens is 1. The highest BCUT2D eigenvalue weighted by Crippen LogP contribution is 2.24. The first-order valence-corrected chi connectivity index (χ1v) is 12.4. The molecule has 2 aromatic carbocycles. The van der Waals surface area contributed by atoms with Crippen molar-refractivity contribution in [3.63, 3.8) is 0 Å². The lowest BCUT2D eigenvalue weighted by Gasteiger charge is -2.16. The van der Waals surface area contributed by atoms with E-state index in [0.29, 0.717) is 29.2 Å². The number of aromatic nitrogens is 3. The number of amides is 3. The molecule has 1 unspecified atom stereocenters. The molecule has 3 amide bonds. The number of carbonyl (C=O) groups excluding carboxylic acids is 2. The molecule has 12 nitrogen and oxygen atoms in total. The zero-order chi connectivity index (χ0) is 28.5. The van der Waals surface area contributed by atoms with Gasteiger partial charge in [0.2, 0.25) is 11.8 Å². The van der Waals surface area contributed by atoms with E-state index in [1.807, 2.05) is 48.5 Å². The number of nitrogens with two attached hydrogens (primary N) is 1. The van der Waals surface area contributed by atoms with Gasteiger partial charge in [0.1, 0.15) is 35.4 Å². The molecule has 0 spiro atoms. The fourth-order valence-electron chi connectivity index (χ4n) is 4.00. The van der Waals surface area contributed by atoms with E-state index in [-0.39, 0.29) is 25.1 Å². The quantitative estimate of drug-likeness (QED) is 0.170. The van der Waals surface area contributed by atoms with Crippen LogP contribution in [0.3, 0.4) is 0 Å². The van der Waals surface area contributed by atoms with Crippen LogP contribution in [0.1, 0.15) is 24.2 Å². The number of benzene rings is 2. The number of carboxylic acid groups (broad SMARTS) is 1. The SMILES string of the molecule is NC(=O)C=CCCC(NC(=O)O)C(=O)Nc1cccn(Cc2nc3cccc(OCc4ccccc4)c3[nH]2)c1=O. The molecule has 6 N–H and O–H groups in total. The summed E-state index contributed by atoms with van der Waals surface area (Å²) in [6, 6.07) is 17.1. The summed E-state index contributed by atoms with van der Waals surface area (Å²) in [6.45, 7) is 0.471. The van der Waals surface area contributed by atoms with Gasteiger partial charge in [0, 0.05) is 6.20 Å². The normalized spacial score (nSPS) is 11.8. The maximum absolute atomic E-state index is 13.1. The Hall–Kier alpha value is -5.39. The Kier molecular flexibility index (Phi) is 8.92. The van der Waals surface area contributed by atoms with E-state index in [9.17, 15) is 19.2 Å². The molecule has 4 aromatic rings. The van der Waals surface area contributed by atoms with Crippen LogP contribution in [0.15, 0.2) is 83.8 Å². The standard InChI is InChI=1S/C28H28N6O6/c29-23(35)14-5-4-10-20(32-28(38)39)26(36)31-21-12-7-15-34(27(21)37)16-24-30-19-11-6-13-22(25(19)33-24)40-17-18-8-2-1-3-9-18/h1-3,5-9,11-15,20,32H,4,10,16-17H2,(H2,29,35)(H,30,33)(H,31,36)(H,38,39). The molecule has 40 heavy (non-hydrogen) atoms. The first-order chi connectivity index (χ1) is 19.3. The minimum absolute atomic E-state index is 0.0274. The molecular weight excluding hydrogens is 516 g/mol. The Labute approximate surface area is 228 Å². The highest BCUT2D eigenvalue weighted by Gasteiger charge is 2.21. The first-order valence-electron chi connectivity index (χ1n) is 12.4. The molecule has 0 aliphatic carbocycles. The van der Waals surface area contributed by atoms with E-state index in [1.165, 1.54) is 16.7 Å². The van der Waals surface area contributed by atoms with E-state index >= 15 is 0 Å². The Morgan fingerprint density at radius 2 is 1.90 bits per heavy atom. The van der Waals surface area contributed by atoms with Crippen molar-refractivity contribution in [2.24, 2.45) is 5.73 Å². The van der Waals surface area contributed by atoms with Gasteiger partial charge in [0.15, 0.2) is 0 Å². The summed E-state index contributed by atoms with van der Waals surface area (Å²) in [5.74, 6) is -0.245. The average molecular weight is 545 g/mol. The molecule has 0 saturated heterocycles. The van der Waals surface area contributed by atoms with Crippen LogP contribution in [0, 0.1) is 0 Å². The van der Waals surface area contributed by atoms with E-state index < -0.39 is 29.5 Å². The van der Waals surface area contributed by atoms with Crippen molar-refractivity contribution in [1.29, 1.82) is 0 Å². The van der Waals surface area contributed by atoms with Crippen molar-refractivity contribution in [3.8, 4) is 5.75 Å². The Morgan fingerprint density at radius 3 is 2.65 bits per heavy atom. The summed E-state index contributed by atoms with van der Waals surface area (Å²) >= 11 is 0. The average Bonchev–Trinajstić information content (AvgIpc) is 3.35. The van der Waals surface area contributed by atoms with Gasteiger partial charge in [-0.1, -0.05) is 42.5 Å². The van der Waals surface area contributed by atoms with Crippen molar-refractivity contribution >= 4 is 34.6 Å². The van der Waals surface area contributed by atoms with E-state index in [2.05, 4.69) is 20.6 Å². The van der Waals surface area contributed by atoms with E-state index in [4.69, 9.17) is 15.6 Å². The predicted octanol–water partition coefficient (Wildman–Crippen LogP) is 2.75. The number of aromatic amines is 1. The molecule has 0 radical (unpaired) electrons. The van der Waals surface area contributed by atoms with Crippen molar-refractivity contribution in [3.05, 3.63) is 101 Å². The van der Waals surface area contributed by atoms with Gasteiger partial charge < -0.3 is 35.8 Å². The predicted molar refractivity (Wildman–Crippen MR) is 148 cm³/mol. The fraction of sp³-hybridized carbons (Fsp3) is 0.179. The largest absolute Gasteiger partial charge is 0.487 e. The number of hydrogen-bond acceptors (Lipinski definition) is 6. The van der Waals surface area contributed by atoms with E-state index in [1.54, 1.807) is 12.3 Å². The number of primary amides is 1. The number of imidazole rings is 1. The van der Waals surface area contributed by atoms with Crippen LogP contribution < -0.4 is 26.7 Å². The van der Waals surface area contributed by atoms with Gasteiger partial charge >= 0.3 is 6.09 Å². The molecule has 12 heteroatoms. The molecule has 2 heterocycles. The lowest BCUT2D eigenvalue weighted by Crippen LogP contribution is -2.44. The second-order valence-electron chi connectivity index (χ2n) is 8.84. The summed E-state index contributed by atoms with van der Waals surface area (Å²) < 4.78 is 7.36. The van der Waals surface area contributed by atoms with Crippen LogP contribution in [0.5, 0.6) is 5.75 Å². The lowest BCUT2D eigenvalue weighted by molar-refractivity contribution is -0.118. The van der Waals surface area contributed by atoms with Crippen molar-refractivity contribution < 1.29 is 24.2 Å². The van der Waals surface area contributed by atoms with Crippen molar-refractivity contribution in [2.45, 2.75) is 32.0 Å². The summed E-state index contributed by atoms with van der Waals surface area (Å²) in [4.78, 5) is 55.7. The second-order valence-corrected chi connectivity index (χ2v) is 8.84. The molecule has 0 aliphatic rings. The number of nitrogens with zero attached hydrogens (tertiary/aromatic N) is 2. The van der Waals surface area contributed by atoms with E-state index in [0.717, 1.165) is 11.6 Å². The highest BCUT2D eigenvalue weighted by atomic mass is 16.5. The third-order valence-corrected chi connectivity index (χ3v) is 5.88. The van der Waals surface area contributed by atoms with Crippen LogP contribution in [0.4, 0.5) is 10.5 Å². The maximum atomic E-state index is 13.1. The number of carbonyl (C=O) groups is 3. The van der Waals surface area contributed by atoms with Gasteiger partial charge in [-0.15, -0.1) is 0 Å². The molecule has 0 aliphatic heterocycles. The van der Waals surface area contributed by atoms with Crippen LogP contribution in [-0.4, -0.2) is 43.6 Å². The second kappa shape index (κ2) is 12.9. The number of allylic oxidation sites excluding steroid dienone is 1. The number of ether oxygens (including phenoxy) is 1. The number of rotatable bonds is 12. The minimum atomic E-state index is -1.40. The third-order valence-electron chi connectivity index (χ3n) is 5.88. The Bertz CT molecular complexity index is 1590. The number of para-hydroxylation sites is 1. The topological polar surface area (TPSA) is 181 Å². The molecule has 1 atom stereocenters. The molecule has 0 saturated carbocycles. The smallest absolute Gasteiger partial charge is 0.405 e. The summed E-state index contributed by atoms with van der Waals surface area (Å²) in [7, 11) is 0. The van der Waals surface area contributed by atoms with Gasteiger partial charge in [-0.3, -0.25) is 14.4 Å². The zero-order valence-corrected chi connectivity index (χ0v) is 21.4. The lowest BCUT2D eigenvalue weighted by atomic mass is 10.1. The van der Waals surface area contributed by atoms with Crippen LogP contribution >= 0.6 is 0 Å². The molecule has 0 fully saturated rings.